The smallest absolute Gasteiger partial charge is 0.408 e. The zero-order chi connectivity index (χ0) is 24.6. The lowest BCUT2D eigenvalue weighted by molar-refractivity contribution is -0.141. The van der Waals surface area contributed by atoms with Crippen LogP contribution in [-0.4, -0.2) is 64.4 Å². The van der Waals surface area contributed by atoms with E-state index in [1.54, 1.807) is 39.8 Å². The van der Waals surface area contributed by atoms with Crippen molar-refractivity contribution in [1.29, 1.82) is 0 Å². The number of aromatic hydroxyl groups is 1. The van der Waals surface area contributed by atoms with E-state index in [0.29, 0.717) is 11.1 Å². The zero-order valence-corrected chi connectivity index (χ0v) is 20.0. The van der Waals surface area contributed by atoms with Gasteiger partial charge in [-0.1, -0.05) is 25.3 Å². The van der Waals surface area contributed by atoms with Crippen LogP contribution in [0.1, 0.15) is 70.0 Å². The lowest BCUT2D eigenvalue weighted by atomic mass is 9.94. The zero-order valence-electron chi connectivity index (χ0n) is 20.0. The van der Waals surface area contributed by atoms with Crippen LogP contribution in [0.3, 0.4) is 0 Å². The average Bonchev–Trinajstić information content (AvgIpc) is 2.73. The second-order valence-electron chi connectivity index (χ2n) is 9.46. The van der Waals surface area contributed by atoms with Crippen molar-refractivity contribution < 1.29 is 29.3 Å². The van der Waals surface area contributed by atoms with Gasteiger partial charge in [-0.25, -0.2) is 4.79 Å². The van der Waals surface area contributed by atoms with E-state index in [1.807, 2.05) is 0 Å². The molecule has 0 spiro atoms. The number of aliphatic hydroxyl groups is 1. The number of aliphatic hydroxyl groups excluding tert-OH is 1. The van der Waals surface area contributed by atoms with Gasteiger partial charge >= 0.3 is 6.09 Å². The largest absolute Gasteiger partial charge is 0.508 e. The van der Waals surface area contributed by atoms with E-state index in [0.717, 1.165) is 32.1 Å². The number of phenolic OH excluding ortho intramolecular Hbond substituents is 1. The van der Waals surface area contributed by atoms with Crippen LogP contribution < -0.4 is 10.6 Å². The van der Waals surface area contributed by atoms with Crippen LogP contribution in [0.4, 0.5) is 4.79 Å². The summed E-state index contributed by atoms with van der Waals surface area (Å²) >= 11 is 0. The van der Waals surface area contributed by atoms with Crippen molar-refractivity contribution in [3.05, 3.63) is 29.3 Å². The topological polar surface area (TPSA) is 128 Å². The fraction of sp³-hybridized carbons (Fsp3) is 0.625. The monoisotopic (exact) mass is 463 g/mol. The summed E-state index contributed by atoms with van der Waals surface area (Å²) < 4.78 is 5.17. The number of amides is 3. The Balaban J connectivity index is 2.27. The van der Waals surface area contributed by atoms with Crippen molar-refractivity contribution in [1.82, 2.24) is 15.5 Å². The van der Waals surface area contributed by atoms with Crippen molar-refractivity contribution in [2.24, 2.45) is 0 Å². The van der Waals surface area contributed by atoms with E-state index in [4.69, 9.17) is 4.74 Å². The molecule has 33 heavy (non-hydrogen) atoms. The molecule has 1 aromatic rings. The van der Waals surface area contributed by atoms with Gasteiger partial charge in [0, 0.05) is 12.6 Å². The molecule has 1 aliphatic carbocycles. The maximum atomic E-state index is 13.4. The molecule has 0 aliphatic heterocycles. The molecular formula is C24H37N3O6. The number of aryl methyl sites for hydroxylation is 1. The van der Waals surface area contributed by atoms with Crippen LogP contribution in [0.5, 0.6) is 5.75 Å². The molecule has 0 aromatic heterocycles. The Bertz CT molecular complexity index is 830. The maximum Gasteiger partial charge on any atom is 0.408 e. The first-order valence-corrected chi connectivity index (χ1v) is 11.5. The minimum atomic E-state index is -1.02. The normalized spacial score (nSPS) is 15.4. The van der Waals surface area contributed by atoms with Gasteiger partial charge in [-0.05, 0) is 63.8 Å². The molecule has 9 heteroatoms. The summed E-state index contributed by atoms with van der Waals surface area (Å²) in [5.74, 6) is -0.813. The highest BCUT2D eigenvalue weighted by Gasteiger charge is 2.33. The average molecular weight is 464 g/mol. The number of nitrogens with zero attached hydrogens (tertiary/aromatic N) is 1. The molecule has 0 bridgehead atoms. The molecule has 1 fully saturated rings. The Labute approximate surface area is 195 Å². The van der Waals surface area contributed by atoms with E-state index in [1.165, 1.54) is 11.0 Å². The summed E-state index contributed by atoms with van der Waals surface area (Å²) in [7, 11) is 0. The summed E-state index contributed by atoms with van der Waals surface area (Å²) in [6.07, 6.45) is 4.21. The van der Waals surface area contributed by atoms with Gasteiger partial charge in [0.05, 0.1) is 6.61 Å². The Morgan fingerprint density at radius 1 is 1.18 bits per heavy atom. The maximum absolute atomic E-state index is 13.4. The number of carbonyl (C=O) groups excluding carboxylic acids is 3. The Kier molecular flexibility index (Phi) is 9.52. The number of nitrogens with one attached hydrogen (secondary N) is 2. The SMILES string of the molecule is Cc1cc(C(C(=O)NC2CCCCC2)N(CCO)C(=O)CNC(=O)OC(C)(C)C)ccc1O. The fourth-order valence-corrected chi connectivity index (χ4v) is 3.92. The van der Waals surface area contributed by atoms with E-state index in [9.17, 15) is 24.6 Å². The standard InChI is InChI=1S/C24H37N3O6/c1-16-14-17(10-11-19(16)29)21(22(31)26-18-8-6-5-7-9-18)27(12-13-28)20(30)15-25-23(32)33-24(2,3)4/h10-11,14,18,21,28-29H,5-9,12-13,15H2,1-4H3,(H,25,32)(H,26,31). The molecule has 0 heterocycles. The van der Waals surface area contributed by atoms with Crippen molar-refractivity contribution in [2.45, 2.75) is 77.5 Å². The van der Waals surface area contributed by atoms with Gasteiger partial charge in [0.2, 0.25) is 11.8 Å². The molecule has 1 saturated carbocycles. The number of carbonyl (C=O) groups is 3. The highest BCUT2D eigenvalue weighted by atomic mass is 16.6. The number of phenols is 1. The van der Waals surface area contributed by atoms with Crippen molar-refractivity contribution in [2.75, 3.05) is 19.7 Å². The van der Waals surface area contributed by atoms with Crippen LogP contribution in [0.25, 0.3) is 0 Å². The molecule has 4 N–H and O–H groups in total. The molecular weight excluding hydrogens is 426 g/mol. The molecule has 184 valence electrons. The Morgan fingerprint density at radius 3 is 2.42 bits per heavy atom. The highest BCUT2D eigenvalue weighted by molar-refractivity contribution is 5.90. The summed E-state index contributed by atoms with van der Waals surface area (Å²) in [6.45, 7) is 6.00. The first-order chi connectivity index (χ1) is 15.5. The molecule has 9 nitrogen and oxygen atoms in total. The first-order valence-electron chi connectivity index (χ1n) is 11.5. The summed E-state index contributed by atoms with van der Waals surface area (Å²) in [5, 5.41) is 25.0. The van der Waals surface area contributed by atoms with Crippen LogP contribution in [-0.2, 0) is 14.3 Å². The predicted molar refractivity (Wildman–Crippen MR) is 124 cm³/mol. The third-order valence-corrected chi connectivity index (χ3v) is 5.49. The van der Waals surface area contributed by atoms with E-state index >= 15 is 0 Å². The molecule has 1 aromatic carbocycles. The number of hydrogen-bond acceptors (Lipinski definition) is 6. The second kappa shape index (κ2) is 11.9. The summed E-state index contributed by atoms with van der Waals surface area (Å²) in [6, 6.07) is 3.72. The van der Waals surface area contributed by atoms with Gasteiger partial charge in [0.15, 0.2) is 0 Å². The van der Waals surface area contributed by atoms with Gasteiger partial charge < -0.3 is 30.5 Å². The van der Waals surface area contributed by atoms with Gasteiger partial charge in [-0.2, -0.15) is 0 Å². The number of ether oxygens (including phenoxy) is 1. The predicted octanol–water partition coefficient (Wildman–Crippen LogP) is 2.54. The number of alkyl carbamates (subject to hydrolysis) is 1. The number of rotatable bonds is 8. The van der Waals surface area contributed by atoms with E-state index < -0.39 is 23.6 Å². The van der Waals surface area contributed by atoms with E-state index in [2.05, 4.69) is 10.6 Å². The molecule has 1 atom stereocenters. The highest BCUT2D eigenvalue weighted by Crippen LogP contribution is 2.27. The molecule has 1 unspecified atom stereocenters. The second-order valence-corrected chi connectivity index (χ2v) is 9.46. The summed E-state index contributed by atoms with van der Waals surface area (Å²) in [5.41, 5.74) is 0.355. The molecule has 1 aliphatic rings. The van der Waals surface area contributed by atoms with Gasteiger partial charge in [-0.15, -0.1) is 0 Å². The number of benzene rings is 1. The fourth-order valence-electron chi connectivity index (χ4n) is 3.92. The van der Waals surface area contributed by atoms with Crippen LogP contribution in [0.15, 0.2) is 18.2 Å². The summed E-state index contributed by atoms with van der Waals surface area (Å²) in [4.78, 5) is 39.7. The van der Waals surface area contributed by atoms with Crippen LogP contribution in [0, 0.1) is 6.92 Å². The Hall–Kier alpha value is -2.81. The lowest BCUT2D eigenvalue weighted by Crippen LogP contribution is -2.50. The van der Waals surface area contributed by atoms with Crippen molar-refractivity contribution in [3.8, 4) is 5.75 Å². The first kappa shape index (κ1) is 26.4. The van der Waals surface area contributed by atoms with E-state index in [-0.39, 0.29) is 37.4 Å². The van der Waals surface area contributed by atoms with Crippen LogP contribution >= 0.6 is 0 Å². The molecule has 0 radical (unpaired) electrons. The minimum Gasteiger partial charge on any atom is -0.508 e. The minimum absolute atomic E-state index is 0.0259. The van der Waals surface area contributed by atoms with Crippen molar-refractivity contribution in [3.63, 3.8) is 0 Å². The number of hydrogen-bond donors (Lipinski definition) is 4. The third-order valence-electron chi connectivity index (χ3n) is 5.49. The molecule has 3 amide bonds. The quantitative estimate of drug-likeness (QED) is 0.469. The third kappa shape index (κ3) is 8.24. The van der Waals surface area contributed by atoms with Gasteiger partial charge in [-0.3, -0.25) is 9.59 Å². The van der Waals surface area contributed by atoms with Crippen molar-refractivity contribution >= 4 is 17.9 Å². The molecule has 2 rings (SSSR count). The Morgan fingerprint density at radius 2 is 1.85 bits per heavy atom. The van der Waals surface area contributed by atoms with Crippen LogP contribution in [0.2, 0.25) is 0 Å². The van der Waals surface area contributed by atoms with Gasteiger partial charge in [0.25, 0.3) is 0 Å². The van der Waals surface area contributed by atoms with Gasteiger partial charge in [0.1, 0.15) is 23.9 Å². The lowest BCUT2D eigenvalue weighted by Gasteiger charge is -2.33. The molecule has 0 saturated heterocycles.